The van der Waals surface area contributed by atoms with Crippen molar-refractivity contribution in [2.24, 2.45) is 0 Å². The molecule has 0 bridgehead atoms. The van der Waals surface area contributed by atoms with E-state index < -0.39 is 0 Å². The molecule has 1 unspecified atom stereocenters. The molecule has 0 aliphatic carbocycles. The molecule has 4 nitrogen and oxygen atoms in total. The lowest BCUT2D eigenvalue weighted by Gasteiger charge is -2.37. The van der Waals surface area contributed by atoms with Crippen LogP contribution in [0.3, 0.4) is 0 Å². The molecular weight excluding hydrogens is 240 g/mol. The van der Waals surface area contributed by atoms with Gasteiger partial charge in [-0.15, -0.1) is 0 Å². The number of epoxide rings is 1. The van der Waals surface area contributed by atoms with Crippen LogP contribution in [0.5, 0.6) is 0 Å². The van der Waals surface area contributed by atoms with E-state index in [1.165, 1.54) is 5.69 Å². The zero-order valence-electron chi connectivity index (χ0n) is 11.3. The highest BCUT2D eigenvalue weighted by Gasteiger charge is 2.36. The number of carbonyl (C=O) groups excluding carboxylic acids is 1. The Morgan fingerprint density at radius 2 is 1.89 bits per heavy atom. The van der Waals surface area contributed by atoms with Gasteiger partial charge in [-0.25, -0.2) is 0 Å². The SMILES string of the molecule is CN(C(=O)C1CO1)C1CCN(c2ccccc2)CC1. The molecule has 2 aliphatic rings. The summed E-state index contributed by atoms with van der Waals surface area (Å²) in [6, 6.07) is 10.8. The number of hydrogen-bond acceptors (Lipinski definition) is 3. The smallest absolute Gasteiger partial charge is 0.254 e. The summed E-state index contributed by atoms with van der Waals surface area (Å²) in [6.07, 6.45) is 1.91. The van der Waals surface area contributed by atoms with E-state index in [9.17, 15) is 4.79 Å². The Bertz CT molecular complexity index is 437. The van der Waals surface area contributed by atoms with E-state index in [-0.39, 0.29) is 12.0 Å². The topological polar surface area (TPSA) is 36.1 Å². The maximum absolute atomic E-state index is 11.9. The summed E-state index contributed by atoms with van der Waals surface area (Å²) in [7, 11) is 1.91. The summed E-state index contributed by atoms with van der Waals surface area (Å²) in [4.78, 5) is 16.2. The van der Waals surface area contributed by atoms with Crippen molar-refractivity contribution in [3.63, 3.8) is 0 Å². The van der Waals surface area contributed by atoms with Crippen LogP contribution in [0.25, 0.3) is 0 Å². The van der Waals surface area contributed by atoms with Gasteiger partial charge in [-0.1, -0.05) is 18.2 Å². The minimum atomic E-state index is -0.155. The van der Waals surface area contributed by atoms with Crippen LogP contribution in [0.15, 0.2) is 30.3 Å². The molecular formula is C15H20N2O2. The summed E-state index contributed by atoms with van der Waals surface area (Å²) >= 11 is 0. The largest absolute Gasteiger partial charge is 0.371 e. The van der Waals surface area contributed by atoms with Gasteiger partial charge in [-0.2, -0.15) is 0 Å². The first kappa shape index (κ1) is 12.5. The second kappa shape index (κ2) is 5.21. The van der Waals surface area contributed by atoms with E-state index >= 15 is 0 Å². The number of carbonyl (C=O) groups is 1. The Balaban J connectivity index is 1.55. The lowest BCUT2D eigenvalue weighted by atomic mass is 10.0. The van der Waals surface area contributed by atoms with E-state index in [0.29, 0.717) is 12.6 Å². The molecule has 2 aliphatic heterocycles. The fourth-order valence-corrected chi connectivity index (χ4v) is 2.75. The zero-order valence-corrected chi connectivity index (χ0v) is 11.3. The molecule has 1 aromatic rings. The second-order valence-electron chi connectivity index (χ2n) is 5.32. The van der Waals surface area contributed by atoms with E-state index in [1.807, 2.05) is 18.0 Å². The van der Waals surface area contributed by atoms with Crippen molar-refractivity contribution >= 4 is 11.6 Å². The molecule has 0 N–H and O–H groups in total. The van der Waals surface area contributed by atoms with Gasteiger partial charge in [0.05, 0.1) is 6.61 Å². The van der Waals surface area contributed by atoms with Crippen molar-refractivity contribution in [3.05, 3.63) is 30.3 Å². The number of hydrogen-bond donors (Lipinski definition) is 0. The predicted octanol–water partition coefficient (Wildman–Crippen LogP) is 1.51. The quantitative estimate of drug-likeness (QED) is 0.773. The number of nitrogens with zero attached hydrogens (tertiary/aromatic N) is 2. The normalized spacial score (nSPS) is 23.2. The van der Waals surface area contributed by atoms with Gasteiger partial charge < -0.3 is 14.5 Å². The average molecular weight is 260 g/mol. The van der Waals surface area contributed by atoms with Crippen molar-refractivity contribution in [1.82, 2.24) is 4.90 Å². The summed E-state index contributed by atoms with van der Waals surface area (Å²) < 4.78 is 5.07. The Morgan fingerprint density at radius 3 is 2.47 bits per heavy atom. The third kappa shape index (κ3) is 2.73. The van der Waals surface area contributed by atoms with Gasteiger partial charge in [0.1, 0.15) is 0 Å². The molecule has 1 aromatic carbocycles. The first-order valence-corrected chi connectivity index (χ1v) is 6.94. The number of rotatable bonds is 3. The molecule has 1 amide bonds. The van der Waals surface area contributed by atoms with E-state index in [4.69, 9.17) is 4.74 Å². The first-order valence-electron chi connectivity index (χ1n) is 6.94. The van der Waals surface area contributed by atoms with Crippen LogP contribution in [0.4, 0.5) is 5.69 Å². The van der Waals surface area contributed by atoms with Crippen molar-refractivity contribution in [2.45, 2.75) is 25.0 Å². The van der Waals surface area contributed by atoms with Crippen molar-refractivity contribution in [2.75, 3.05) is 31.6 Å². The van der Waals surface area contributed by atoms with Crippen LogP contribution < -0.4 is 4.90 Å². The van der Waals surface area contributed by atoms with E-state index in [1.54, 1.807) is 0 Å². The molecule has 0 spiro atoms. The number of benzene rings is 1. The van der Waals surface area contributed by atoms with Crippen molar-refractivity contribution in [3.8, 4) is 0 Å². The van der Waals surface area contributed by atoms with Gasteiger partial charge in [0, 0.05) is 31.9 Å². The maximum atomic E-state index is 11.9. The Labute approximate surface area is 113 Å². The van der Waals surface area contributed by atoms with Crippen molar-refractivity contribution < 1.29 is 9.53 Å². The monoisotopic (exact) mass is 260 g/mol. The predicted molar refractivity (Wildman–Crippen MR) is 74.2 cm³/mol. The lowest BCUT2D eigenvalue weighted by Crippen LogP contribution is -2.46. The number of amides is 1. The van der Waals surface area contributed by atoms with Crippen LogP contribution in [0.2, 0.25) is 0 Å². The fourth-order valence-electron chi connectivity index (χ4n) is 2.75. The molecule has 2 saturated heterocycles. The maximum Gasteiger partial charge on any atom is 0.254 e. The zero-order chi connectivity index (χ0) is 13.2. The Hall–Kier alpha value is -1.55. The standard InChI is InChI=1S/C15H20N2O2/c1-16(15(18)14-11-19-14)12-7-9-17(10-8-12)13-5-3-2-4-6-13/h2-6,12,14H,7-11H2,1H3. The third-order valence-corrected chi connectivity index (χ3v) is 4.09. The van der Waals surface area contributed by atoms with Crippen LogP contribution in [0, 0.1) is 0 Å². The number of anilines is 1. The highest BCUT2D eigenvalue weighted by Crippen LogP contribution is 2.23. The minimum absolute atomic E-state index is 0.151. The second-order valence-corrected chi connectivity index (χ2v) is 5.32. The number of para-hydroxylation sites is 1. The average Bonchev–Trinajstić information content (AvgIpc) is 3.31. The van der Waals surface area contributed by atoms with Crippen LogP contribution in [-0.2, 0) is 9.53 Å². The molecule has 1 atom stereocenters. The third-order valence-electron chi connectivity index (χ3n) is 4.09. The molecule has 19 heavy (non-hydrogen) atoms. The highest BCUT2D eigenvalue weighted by molar-refractivity contribution is 5.83. The van der Waals surface area contributed by atoms with Gasteiger partial charge in [0.15, 0.2) is 6.10 Å². The van der Waals surface area contributed by atoms with E-state index in [2.05, 4.69) is 29.2 Å². The van der Waals surface area contributed by atoms with Crippen LogP contribution in [0.1, 0.15) is 12.8 Å². The van der Waals surface area contributed by atoms with Gasteiger partial charge in [-0.3, -0.25) is 4.79 Å². The van der Waals surface area contributed by atoms with Crippen LogP contribution in [-0.4, -0.2) is 49.7 Å². The number of ether oxygens (including phenoxy) is 1. The first-order chi connectivity index (χ1) is 9.25. The summed E-state index contributed by atoms with van der Waals surface area (Å²) in [5, 5.41) is 0. The van der Waals surface area contributed by atoms with E-state index in [0.717, 1.165) is 25.9 Å². The lowest BCUT2D eigenvalue weighted by molar-refractivity contribution is -0.133. The summed E-state index contributed by atoms with van der Waals surface area (Å²) in [6.45, 7) is 2.63. The molecule has 0 aromatic heterocycles. The molecule has 102 valence electrons. The number of likely N-dealkylation sites (N-methyl/N-ethyl adjacent to an activating group) is 1. The summed E-state index contributed by atoms with van der Waals surface area (Å²) in [5.74, 6) is 0.151. The molecule has 2 fully saturated rings. The number of piperidine rings is 1. The van der Waals surface area contributed by atoms with Gasteiger partial charge >= 0.3 is 0 Å². The van der Waals surface area contributed by atoms with Gasteiger partial charge in [0.2, 0.25) is 0 Å². The Kier molecular flexibility index (Phi) is 3.42. The van der Waals surface area contributed by atoms with Crippen molar-refractivity contribution in [1.29, 1.82) is 0 Å². The molecule has 4 heteroatoms. The van der Waals surface area contributed by atoms with Gasteiger partial charge in [0.25, 0.3) is 5.91 Å². The Morgan fingerprint density at radius 1 is 1.26 bits per heavy atom. The summed E-state index contributed by atoms with van der Waals surface area (Å²) in [5.41, 5.74) is 1.28. The molecule has 3 rings (SSSR count). The fraction of sp³-hybridized carbons (Fsp3) is 0.533. The highest BCUT2D eigenvalue weighted by atomic mass is 16.6. The van der Waals surface area contributed by atoms with Crippen LogP contribution >= 0.6 is 0 Å². The minimum Gasteiger partial charge on any atom is -0.371 e. The molecule has 0 saturated carbocycles. The van der Waals surface area contributed by atoms with Gasteiger partial charge in [-0.05, 0) is 25.0 Å². The molecule has 0 radical (unpaired) electrons. The molecule has 2 heterocycles.